The van der Waals surface area contributed by atoms with Crippen LogP contribution in [0, 0.1) is 6.92 Å². The van der Waals surface area contributed by atoms with Crippen molar-refractivity contribution >= 4 is 34.9 Å². The summed E-state index contributed by atoms with van der Waals surface area (Å²) < 4.78 is 3.87. The third kappa shape index (κ3) is 4.28. The predicted molar refractivity (Wildman–Crippen MR) is 114 cm³/mol. The number of halogens is 1. The van der Waals surface area contributed by atoms with Crippen LogP contribution in [0.25, 0.3) is 11.3 Å². The molecule has 0 spiro atoms. The lowest BCUT2D eigenvalue weighted by Crippen LogP contribution is -2.27. The Hall–Kier alpha value is -2.84. The lowest BCUT2D eigenvalue weighted by atomic mass is 10.2. The SMILES string of the molecule is Cc1c(Cl)cccc1-n1ccnc1SCC(=O)NCCc1nnc2ccccn12. The second kappa shape index (κ2) is 8.67. The Bertz CT molecular complexity index is 1150. The lowest BCUT2D eigenvalue weighted by molar-refractivity contribution is -0.118. The number of hydrogen-bond donors (Lipinski definition) is 1. The Morgan fingerprint density at radius 2 is 2.07 bits per heavy atom. The minimum atomic E-state index is -0.0545. The molecule has 0 atom stereocenters. The molecule has 1 N–H and O–H groups in total. The highest BCUT2D eigenvalue weighted by Crippen LogP contribution is 2.26. The maximum atomic E-state index is 12.3. The number of hydrogen-bond acceptors (Lipinski definition) is 5. The van der Waals surface area contributed by atoms with Gasteiger partial charge in [0.2, 0.25) is 5.91 Å². The van der Waals surface area contributed by atoms with Crippen LogP contribution in [0.4, 0.5) is 0 Å². The van der Waals surface area contributed by atoms with E-state index in [-0.39, 0.29) is 11.7 Å². The Kier molecular flexibility index (Phi) is 5.82. The third-order valence-corrected chi connectivity index (χ3v) is 5.87. The van der Waals surface area contributed by atoms with Crippen LogP contribution in [0.15, 0.2) is 60.1 Å². The van der Waals surface area contributed by atoms with Crippen molar-refractivity contribution in [3.8, 4) is 5.69 Å². The van der Waals surface area contributed by atoms with Gasteiger partial charge in [0.05, 0.1) is 11.4 Å². The third-order valence-electron chi connectivity index (χ3n) is 4.49. The normalized spacial score (nSPS) is 11.1. The van der Waals surface area contributed by atoms with Crippen LogP contribution in [-0.2, 0) is 11.2 Å². The maximum Gasteiger partial charge on any atom is 0.230 e. The first kappa shape index (κ1) is 19.5. The van der Waals surface area contributed by atoms with Crippen molar-refractivity contribution in [2.75, 3.05) is 12.3 Å². The molecule has 0 aliphatic heterocycles. The van der Waals surface area contributed by atoms with Crippen LogP contribution < -0.4 is 5.32 Å². The van der Waals surface area contributed by atoms with E-state index in [0.717, 1.165) is 27.9 Å². The molecule has 0 fully saturated rings. The van der Waals surface area contributed by atoms with Gasteiger partial charge in [-0.05, 0) is 36.8 Å². The van der Waals surface area contributed by atoms with Gasteiger partial charge in [-0.2, -0.15) is 0 Å². The fourth-order valence-corrected chi connectivity index (χ4v) is 3.96. The van der Waals surface area contributed by atoms with Crippen molar-refractivity contribution in [1.29, 1.82) is 0 Å². The van der Waals surface area contributed by atoms with Crippen LogP contribution >= 0.6 is 23.4 Å². The molecule has 0 unspecified atom stereocenters. The predicted octanol–water partition coefficient (Wildman–Crippen LogP) is 3.33. The van der Waals surface area contributed by atoms with Crippen molar-refractivity contribution in [3.63, 3.8) is 0 Å². The van der Waals surface area contributed by atoms with Crippen molar-refractivity contribution in [3.05, 3.63) is 71.4 Å². The number of carbonyl (C=O) groups excluding carboxylic acids is 1. The first-order valence-corrected chi connectivity index (χ1v) is 10.5. The summed E-state index contributed by atoms with van der Waals surface area (Å²) in [7, 11) is 0. The van der Waals surface area contributed by atoms with E-state index in [1.807, 2.05) is 64.7 Å². The Balaban J connectivity index is 1.33. The molecule has 4 rings (SSSR count). The van der Waals surface area contributed by atoms with Gasteiger partial charge in [-0.3, -0.25) is 13.8 Å². The molecular formula is C20H19ClN6OS. The summed E-state index contributed by atoms with van der Waals surface area (Å²) in [5, 5.41) is 12.7. The Morgan fingerprint density at radius 1 is 1.17 bits per heavy atom. The summed E-state index contributed by atoms with van der Waals surface area (Å²) in [4.78, 5) is 16.6. The van der Waals surface area contributed by atoms with Gasteiger partial charge >= 0.3 is 0 Å². The number of pyridine rings is 1. The summed E-state index contributed by atoms with van der Waals surface area (Å²) >= 11 is 7.62. The second-order valence-corrected chi connectivity index (χ2v) is 7.75. The van der Waals surface area contributed by atoms with Crippen LogP contribution in [0.2, 0.25) is 5.02 Å². The van der Waals surface area contributed by atoms with Gasteiger partial charge in [-0.25, -0.2) is 4.98 Å². The molecule has 0 aliphatic carbocycles. The zero-order valence-electron chi connectivity index (χ0n) is 15.7. The van der Waals surface area contributed by atoms with Crippen LogP contribution in [0.5, 0.6) is 0 Å². The Morgan fingerprint density at radius 3 is 2.97 bits per heavy atom. The van der Waals surface area contributed by atoms with Gasteiger partial charge in [-0.15, -0.1) is 10.2 Å². The van der Waals surface area contributed by atoms with Gasteiger partial charge in [0.25, 0.3) is 0 Å². The molecule has 3 aromatic heterocycles. The summed E-state index contributed by atoms with van der Waals surface area (Å²) in [5.74, 6) is 1.04. The van der Waals surface area contributed by atoms with E-state index in [1.165, 1.54) is 11.8 Å². The van der Waals surface area contributed by atoms with Gasteiger partial charge in [0, 0.05) is 36.6 Å². The van der Waals surface area contributed by atoms with Crippen molar-refractivity contribution in [2.45, 2.75) is 18.5 Å². The molecule has 0 bridgehead atoms. The molecular weight excluding hydrogens is 408 g/mol. The molecule has 7 nitrogen and oxygen atoms in total. The maximum absolute atomic E-state index is 12.3. The fourth-order valence-electron chi connectivity index (χ4n) is 2.99. The summed E-state index contributed by atoms with van der Waals surface area (Å²) in [6, 6.07) is 11.5. The van der Waals surface area contributed by atoms with E-state index >= 15 is 0 Å². The number of carbonyl (C=O) groups is 1. The highest BCUT2D eigenvalue weighted by Gasteiger charge is 2.12. The zero-order valence-corrected chi connectivity index (χ0v) is 17.3. The molecule has 0 saturated carbocycles. The Labute approximate surface area is 177 Å². The summed E-state index contributed by atoms with van der Waals surface area (Å²) in [5.41, 5.74) is 2.73. The quantitative estimate of drug-likeness (QED) is 0.459. The van der Waals surface area contributed by atoms with Crippen LogP contribution in [0.3, 0.4) is 0 Å². The number of imidazole rings is 1. The molecule has 0 radical (unpaired) electrons. The summed E-state index contributed by atoms with van der Waals surface area (Å²) in [6.45, 7) is 2.46. The van der Waals surface area contributed by atoms with Gasteiger partial charge in [0.1, 0.15) is 5.82 Å². The fraction of sp³-hybridized carbons (Fsp3) is 0.200. The number of aromatic nitrogens is 5. The molecule has 148 valence electrons. The van der Waals surface area contributed by atoms with Crippen molar-refractivity contribution in [2.24, 2.45) is 0 Å². The number of amides is 1. The first-order chi connectivity index (χ1) is 14.1. The van der Waals surface area contributed by atoms with Gasteiger partial charge < -0.3 is 5.32 Å². The average molecular weight is 427 g/mol. The number of nitrogens with zero attached hydrogens (tertiary/aromatic N) is 5. The number of thioether (sulfide) groups is 1. The number of nitrogens with one attached hydrogen (secondary N) is 1. The minimum Gasteiger partial charge on any atom is -0.355 e. The largest absolute Gasteiger partial charge is 0.355 e. The lowest BCUT2D eigenvalue weighted by Gasteiger charge is -2.11. The molecule has 3 heterocycles. The van der Waals surface area contributed by atoms with Crippen LogP contribution in [-0.4, -0.2) is 42.4 Å². The highest BCUT2D eigenvalue weighted by atomic mass is 35.5. The number of benzene rings is 1. The zero-order chi connectivity index (χ0) is 20.2. The van der Waals surface area contributed by atoms with E-state index in [1.54, 1.807) is 6.20 Å². The van der Waals surface area contributed by atoms with Gasteiger partial charge in [0.15, 0.2) is 10.8 Å². The van der Waals surface area contributed by atoms with E-state index < -0.39 is 0 Å². The van der Waals surface area contributed by atoms with E-state index in [0.29, 0.717) is 18.0 Å². The van der Waals surface area contributed by atoms with E-state index in [2.05, 4.69) is 20.5 Å². The smallest absolute Gasteiger partial charge is 0.230 e. The highest BCUT2D eigenvalue weighted by molar-refractivity contribution is 7.99. The van der Waals surface area contributed by atoms with Crippen molar-refractivity contribution < 1.29 is 4.79 Å². The molecule has 9 heteroatoms. The standard InChI is InChI=1S/C20H19ClN6OS/c1-14-15(21)5-4-6-16(14)26-12-10-23-20(26)29-13-19(28)22-9-8-18-25-24-17-7-2-3-11-27(17)18/h2-7,10-12H,8-9,13H2,1H3,(H,22,28). The van der Waals surface area contributed by atoms with Crippen molar-refractivity contribution in [1.82, 2.24) is 29.5 Å². The van der Waals surface area contributed by atoms with E-state index in [4.69, 9.17) is 11.6 Å². The molecule has 0 aliphatic rings. The monoisotopic (exact) mass is 426 g/mol. The first-order valence-electron chi connectivity index (χ1n) is 9.10. The molecule has 4 aromatic rings. The van der Waals surface area contributed by atoms with Gasteiger partial charge in [-0.1, -0.05) is 35.5 Å². The number of rotatable bonds is 7. The summed E-state index contributed by atoms with van der Waals surface area (Å²) in [6.07, 6.45) is 6.12. The van der Waals surface area contributed by atoms with Crippen LogP contribution in [0.1, 0.15) is 11.4 Å². The average Bonchev–Trinajstić information content (AvgIpc) is 3.36. The van der Waals surface area contributed by atoms with E-state index in [9.17, 15) is 4.79 Å². The topological polar surface area (TPSA) is 77.1 Å². The molecule has 0 saturated heterocycles. The number of fused-ring (bicyclic) bond motifs is 1. The molecule has 1 aromatic carbocycles. The second-order valence-electron chi connectivity index (χ2n) is 6.40. The molecule has 29 heavy (non-hydrogen) atoms. The molecule has 1 amide bonds. The minimum absolute atomic E-state index is 0.0545.